The largest absolute Gasteiger partial charge is 0.505 e. The number of pyridine rings is 1. The summed E-state index contributed by atoms with van der Waals surface area (Å²) >= 11 is 0. The summed E-state index contributed by atoms with van der Waals surface area (Å²) in [7, 11) is 0. The minimum absolute atomic E-state index is 0.0321. The maximum Gasteiger partial charge on any atom is 0.295 e. The van der Waals surface area contributed by atoms with E-state index in [-0.39, 0.29) is 16.7 Å². The van der Waals surface area contributed by atoms with Gasteiger partial charge in [0.15, 0.2) is 5.76 Å². The second-order valence-electron chi connectivity index (χ2n) is 11.2. The van der Waals surface area contributed by atoms with Gasteiger partial charge in [0.05, 0.1) is 17.3 Å². The Morgan fingerprint density at radius 1 is 1.05 bits per heavy atom. The number of rotatable bonds is 8. The summed E-state index contributed by atoms with van der Waals surface area (Å²) in [5, 5.41) is 11.6. The molecule has 1 aliphatic rings. The van der Waals surface area contributed by atoms with E-state index in [1.165, 1.54) is 0 Å². The highest BCUT2D eigenvalue weighted by atomic mass is 16.3. The third-order valence-electron chi connectivity index (χ3n) is 7.71. The summed E-state index contributed by atoms with van der Waals surface area (Å²) in [6.45, 7) is 17.6. The van der Waals surface area contributed by atoms with Gasteiger partial charge in [-0.1, -0.05) is 65.0 Å². The lowest BCUT2D eigenvalue weighted by Gasteiger charge is -2.27. The van der Waals surface area contributed by atoms with Crippen molar-refractivity contribution in [2.45, 2.75) is 66.3 Å². The van der Waals surface area contributed by atoms with Crippen LogP contribution < -0.4 is 0 Å². The molecule has 1 fully saturated rings. The number of Topliss-reactive ketones (excluding diaryl/α,β-unsaturated/α-hetero) is 1. The molecule has 202 valence electrons. The van der Waals surface area contributed by atoms with E-state index in [9.17, 15) is 14.7 Å². The highest BCUT2D eigenvalue weighted by Gasteiger charge is 2.46. The molecule has 7 heteroatoms. The molecule has 0 aliphatic carbocycles. The van der Waals surface area contributed by atoms with Crippen LogP contribution in [0.25, 0.3) is 11.4 Å². The van der Waals surface area contributed by atoms with Crippen LogP contribution in [-0.2, 0) is 15.0 Å². The van der Waals surface area contributed by atoms with Crippen LogP contribution in [-0.4, -0.2) is 62.2 Å². The zero-order valence-corrected chi connectivity index (χ0v) is 23.7. The topological polar surface area (TPSA) is 78.2 Å². The zero-order valence-electron chi connectivity index (χ0n) is 23.7. The summed E-state index contributed by atoms with van der Waals surface area (Å²) in [5.41, 5.74) is 4.76. The minimum Gasteiger partial charge on any atom is -0.505 e. The Labute approximate surface area is 225 Å². The Kier molecular flexibility index (Phi) is 7.79. The normalized spacial score (nSPS) is 17.8. The molecule has 3 aromatic rings. The van der Waals surface area contributed by atoms with E-state index >= 15 is 0 Å². The summed E-state index contributed by atoms with van der Waals surface area (Å²) in [6, 6.07) is 11.2. The van der Waals surface area contributed by atoms with Crippen molar-refractivity contribution < 1.29 is 14.7 Å². The summed E-state index contributed by atoms with van der Waals surface area (Å²) < 4.78 is 1.90. The molecular formula is C31H40N4O3. The van der Waals surface area contributed by atoms with Crippen molar-refractivity contribution >= 4 is 23.1 Å². The van der Waals surface area contributed by atoms with E-state index in [0.717, 1.165) is 48.4 Å². The van der Waals surface area contributed by atoms with Crippen molar-refractivity contribution in [1.82, 2.24) is 19.2 Å². The summed E-state index contributed by atoms with van der Waals surface area (Å²) in [4.78, 5) is 35.5. The second-order valence-corrected chi connectivity index (χ2v) is 11.2. The van der Waals surface area contributed by atoms with Gasteiger partial charge in [-0.05, 0) is 68.1 Å². The maximum absolute atomic E-state index is 13.5. The fourth-order valence-corrected chi connectivity index (χ4v) is 5.30. The van der Waals surface area contributed by atoms with Gasteiger partial charge < -0.3 is 19.3 Å². The molecule has 1 N–H and O–H groups in total. The van der Waals surface area contributed by atoms with Gasteiger partial charge in [0, 0.05) is 12.7 Å². The van der Waals surface area contributed by atoms with E-state index in [4.69, 9.17) is 0 Å². The van der Waals surface area contributed by atoms with E-state index in [0.29, 0.717) is 17.9 Å². The Balaban J connectivity index is 1.83. The van der Waals surface area contributed by atoms with Gasteiger partial charge in [0.2, 0.25) is 0 Å². The van der Waals surface area contributed by atoms with E-state index in [1.807, 2.05) is 60.8 Å². The van der Waals surface area contributed by atoms with Gasteiger partial charge >= 0.3 is 0 Å². The molecule has 1 aliphatic heterocycles. The molecule has 7 nitrogen and oxygen atoms in total. The van der Waals surface area contributed by atoms with Crippen LogP contribution in [0.3, 0.4) is 0 Å². The quantitative estimate of drug-likeness (QED) is 0.246. The number of ketones is 1. The summed E-state index contributed by atoms with van der Waals surface area (Å²) in [6.07, 6.45) is 2.62. The number of aromatic nitrogens is 2. The van der Waals surface area contributed by atoms with Gasteiger partial charge in [-0.3, -0.25) is 9.59 Å². The van der Waals surface area contributed by atoms with Crippen LogP contribution in [0.4, 0.5) is 0 Å². The molecule has 1 amide bonds. The molecule has 0 bridgehead atoms. The Hall–Kier alpha value is -3.45. The first-order chi connectivity index (χ1) is 18.0. The second kappa shape index (κ2) is 10.7. The number of likely N-dealkylation sites (tertiary alicyclic amines) is 1. The molecule has 1 unspecified atom stereocenters. The molecule has 1 atom stereocenters. The highest BCUT2D eigenvalue weighted by Crippen LogP contribution is 2.40. The van der Waals surface area contributed by atoms with E-state index in [1.54, 1.807) is 4.90 Å². The van der Waals surface area contributed by atoms with Crippen molar-refractivity contribution in [1.29, 1.82) is 0 Å². The number of aryl methyl sites for hydroxylation is 2. The number of amides is 1. The van der Waals surface area contributed by atoms with Gasteiger partial charge in [0.1, 0.15) is 11.3 Å². The maximum atomic E-state index is 13.5. The number of hydrogen-bond donors (Lipinski definition) is 1. The predicted molar refractivity (Wildman–Crippen MR) is 151 cm³/mol. The molecule has 1 aromatic carbocycles. The zero-order chi connectivity index (χ0) is 27.8. The number of imidazole rings is 1. The fourth-order valence-electron chi connectivity index (χ4n) is 5.30. The van der Waals surface area contributed by atoms with Gasteiger partial charge in [-0.2, -0.15) is 0 Å². The molecule has 1 saturated heterocycles. The van der Waals surface area contributed by atoms with Crippen molar-refractivity contribution in [3.05, 3.63) is 76.2 Å². The number of aliphatic hydroxyl groups is 1. The van der Waals surface area contributed by atoms with Crippen LogP contribution in [0, 0.1) is 13.8 Å². The average molecular weight is 517 g/mol. The number of aliphatic hydroxyl groups excluding tert-OH is 1. The predicted octanol–water partition coefficient (Wildman–Crippen LogP) is 5.40. The third kappa shape index (κ3) is 4.99. The smallest absolute Gasteiger partial charge is 0.295 e. The lowest BCUT2D eigenvalue weighted by molar-refractivity contribution is -0.140. The first-order valence-electron chi connectivity index (χ1n) is 13.5. The van der Waals surface area contributed by atoms with Crippen molar-refractivity contribution in [2.24, 2.45) is 0 Å². The number of benzene rings is 1. The van der Waals surface area contributed by atoms with Crippen molar-refractivity contribution in [3.8, 4) is 0 Å². The Morgan fingerprint density at radius 3 is 2.29 bits per heavy atom. The SMILES string of the molecule is CCN(CC)CCCN1C(=O)C(=O)/C(=C(/O)c2nc3c(C)cccn3c2C)C1c1ccc(C(C)(C)C)cc1. The molecular weight excluding hydrogens is 476 g/mol. The molecule has 0 radical (unpaired) electrons. The first kappa shape index (κ1) is 27.6. The molecule has 38 heavy (non-hydrogen) atoms. The number of carbonyl (C=O) groups is 2. The van der Waals surface area contributed by atoms with E-state index in [2.05, 4.69) is 44.5 Å². The van der Waals surface area contributed by atoms with E-state index < -0.39 is 17.7 Å². The van der Waals surface area contributed by atoms with Crippen LogP contribution in [0.5, 0.6) is 0 Å². The molecule has 0 spiro atoms. The fraction of sp³-hybridized carbons (Fsp3) is 0.452. The number of nitrogens with zero attached hydrogens (tertiary/aromatic N) is 4. The monoisotopic (exact) mass is 516 g/mol. The van der Waals surface area contributed by atoms with Gasteiger partial charge in [0.25, 0.3) is 11.7 Å². The van der Waals surface area contributed by atoms with Crippen molar-refractivity contribution in [2.75, 3.05) is 26.2 Å². The number of fused-ring (bicyclic) bond motifs is 1. The van der Waals surface area contributed by atoms with Crippen LogP contribution in [0.1, 0.15) is 75.2 Å². The molecule has 3 heterocycles. The van der Waals surface area contributed by atoms with Crippen molar-refractivity contribution in [3.63, 3.8) is 0 Å². The highest BCUT2D eigenvalue weighted by molar-refractivity contribution is 6.46. The van der Waals surface area contributed by atoms with Gasteiger partial charge in [-0.15, -0.1) is 0 Å². The lowest BCUT2D eigenvalue weighted by atomic mass is 9.85. The molecule has 2 aromatic heterocycles. The average Bonchev–Trinajstić information content (AvgIpc) is 3.36. The third-order valence-corrected chi connectivity index (χ3v) is 7.71. The minimum atomic E-state index is -0.675. The first-order valence-corrected chi connectivity index (χ1v) is 13.5. The number of carbonyl (C=O) groups excluding carboxylic acids is 2. The standard InChI is InChI=1S/C31H40N4O3/c1-8-33(9-2)17-11-19-35-26(22-13-15-23(16-14-22)31(5,6)7)24(28(37)30(35)38)27(36)25-21(4)34-18-10-12-20(3)29(34)32-25/h10,12-16,18,26,36H,8-9,11,17,19H2,1-7H3/b27-24+. The number of hydrogen-bond acceptors (Lipinski definition) is 5. The molecule has 0 saturated carbocycles. The van der Waals surface area contributed by atoms with Crippen LogP contribution in [0.2, 0.25) is 0 Å². The summed E-state index contributed by atoms with van der Waals surface area (Å²) in [5.74, 6) is -1.46. The Morgan fingerprint density at radius 2 is 1.71 bits per heavy atom. The van der Waals surface area contributed by atoms with Crippen LogP contribution >= 0.6 is 0 Å². The molecule has 4 rings (SSSR count). The van der Waals surface area contributed by atoms with Gasteiger partial charge in [-0.25, -0.2) is 4.98 Å². The van der Waals surface area contributed by atoms with Crippen LogP contribution in [0.15, 0.2) is 48.2 Å². The lowest BCUT2D eigenvalue weighted by Crippen LogP contribution is -2.33. The Bertz CT molecular complexity index is 1370.